The standard InChI is InChI=1S/2C17H15N4.Cu/c2*1-20-14-9-5-3-7-12(14)18-16(20)11-17-19-13-8-4-6-10-15(13)21(17)2;/h2*3-11H,1-2H3;/q;;+2. The zero-order valence-corrected chi connectivity index (χ0v) is 25.2. The molecule has 215 valence electrons. The Morgan fingerprint density at radius 2 is 0.581 bits per heavy atom. The van der Waals surface area contributed by atoms with E-state index in [1.54, 1.807) is 0 Å². The topological polar surface area (TPSA) is 69.4 Å². The molecule has 4 aromatic rings. The van der Waals surface area contributed by atoms with E-state index in [0.717, 1.165) is 70.2 Å². The second-order valence-electron chi connectivity index (χ2n) is 10.4. The molecule has 4 aliphatic heterocycles. The summed E-state index contributed by atoms with van der Waals surface area (Å²) >= 11 is 0. The molecule has 4 aromatic carbocycles. The molecule has 0 aromatic heterocycles. The van der Waals surface area contributed by atoms with Crippen molar-refractivity contribution in [1.82, 2.24) is 21.3 Å². The smallest absolute Gasteiger partial charge is 0.345 e. The number of fused-ring (bicyclic) bond motifs is 4. The Kier molecular flexibility index (Phi) is 7.95. The molecule has 4 aliphatic rings. The third-order valence-corrected chi connectivity index (χ3v) is 7.80. The van der Waals surface area contributed by atoms with Gasteiger partial charge in [-0.3, -0.25) is 0 Å². The van der Waals surface area contributed by atoms with Crippen LogP contribution < -0.4 is 40.9 Å². The van der Waals surface area contributed by atoms with Crippen molar-refractivity contribution >= 4 is 45.5 Å². The van der Waals surface area contributed by atoms with Crippen LogP contribution in [0.3, 0.4) is 0 Å². The quantitative estimate of drug-likeness (QED) is 0.270. The van der Waals surface area contributed by atoms with Gasteiger partial charge in [0.15, 0.2) is 24.7 Å². The molecule has 0 aliphatic carbocycles. The van der Waals surface area contributed by atoms with Crippen LogP contribution in [0.2, 0.25) is 0 Å². The van der Waals surface area contributed by atoms with E-state index in [1.807, 2.05) is 114 Å². The number of para-hydroxylation sites is 8. The summed E-state index contributed by atoms with van der Waals surface area (Å²) in [7, 11) is 8.13. The summed E-state index contributed by atoms with van der Waals surface area (Å²) in [4.78, 5) is 8.37. The molecular formula is C34H30CuN8+2. The summed E-state index contributed by atoms with van der Waals surface area (Å²) in [5.74, 6) is 0. The van der Waals surface area contributed by atoms with Gasteiger partial charge in [0, 0.05) is 28.2 Å². The summed E-state index contributed by atoms with van der Waals surface area (Å²) < 4.78 is 0. The average Bonchev–Trinajstić information content (AvgIpc) is 3.72. The van der Waals surface area contributed by atoms with Crippen molar-refractivity contribution in [1.29, 1.82) is 0 Å². The van der Waals surface area contributed by atoms with Crippen molar-refractivity contribution in [3.63, 3.8) is 0 Å². The minimum Gasteiger partial charge on any atom is -0.345 e. The van der Waals surface area contributed by atoms with E-state index in [1.165, 1.54) is 0 Å². The molecular weight excluding hydrogens is 584 g/mol. The third kappa shape index (κ3) is 5.28. The fraction of sp³-hybridized carbons (Fsp3) is 0.118. The van der Waals surface area contributed by atoms with Crippen LogP contribution in [-0.2, 0) is 17.1 Å². The van der Waals surface area contributed by atoms with Gasteiger partial charge in [0.1, 0.15) is 0 Å². The van der Waals surface area contributed by atoms with Crippen molar-refractivity contribution in [2.45, 2.75) is 0 Å². The van der Waals surface area contributed by atoms with Gasteiger partial charge in [-0.2, -0.15) is 0 Å². The summed E-state index contributed by atoms with van der Waals surface area (Å²) in [5, 5.41) is 18.7. The van der Waals surface area contributed by atoms with E-state index in [2.05, 4.69) is 65.1 Å². The van der Waals surface area contributed by atoms with Gasteiger partial charge in [0.2, 0.25) is 0 Å². The van der Waals surface area contributed by atoms with Gasteiger partial charge >= 0.3 is 17.1 Å². The molecule has 4 heterocycles. The van der Waals surface area contributed by atoms with Gasteiger partial charge < -0.3 is 19.6 Å². The second-order valence-corrected chi connectivity index (χ2v) is 10.4. The monoisotopic (exact) mass is 613 g/mol. The van der Waals surface area contributed by atoms with E-state index in [-0.39, 0.29) is 17.1 Å². The number of hydrogen-bond acceptors (Lipinski definition) is 4. The Morgan fingerprint density at radius 1 is 0.372 bits per heavy atom. The van der Waals surface area contributed by atoms with Crippen LogP contribution in [0.25, 0.3) is 0 Å². The average molecular weight is 614 g/mol. The number of benzene rings is 4. The van der Waals surface area contributed by atoms with Gasteiger partial charge in [-0.1, -0.05) is 48.5 Å². The molecule has 11 radical (unpaired) electrons. The fourth-order valence-corrected chi connectivity index (χ4v) is 5.40. The Hall–Kier alpha value is -4.20. The molecule has 0 saturated heterocycles. The van der Waals surface area contributed by atoms with Crippen molar-refractivity contribution < 1.29 is 17.1 Å². The second kappa shape index (κ2) is 11.8. The molecule has 0 N–H and O–H groups in total. The molecule has 0 atom stereocenters. The summed E-state index contributed by atoms with van der Waals surface area (Å²) in [5.41, 5.74) is 8.53. The van der Waals surface area contributed by atoms with Crippen molar-refractivity contribution in [2.75, 3.05) is 47.8 Å². The number of hydrogen-bond donors (Lipinski definition) is 0. The van der Waals surface area contributed by atoms with Crippen LogP contribution in [0.4, 0.5) is 45.5 Å². The predicted octanol–water partition coefficient (Wildman–Crippen LogP) is 5.88. The van der Waals surface area contributed by atoms with Crippen LogP contribution in [0.15, 0.2) is 97.1 Å². The van der Waals surface area contributed by atoms with Crippen molar-refractivity contribution in [2.24, 2.45) is 0 Å². The van der Waals surface area contributed by atoms with Gasteiger partial charge in [0.25, 0.3) is 0 Å². The zero-order chi connectivity index (χ0) is 28.8. The van der Waals surface area contributed by atoms with Crippen molar-refractivity contribution in [3.05, 3.63) is 135 Å². The first-order chi connectivity index (χ1) is 20.5. The number of nitrogens with zero attached hydrogens (tertiary/aromatic N) is 8. The van der Waals surface area contributed by atoms with Crippen LogP contribution in [0.5, 0.6) is 0 Å². The maximum Gasteiger partial charge on any atom is 2.00 e. The first-order valence-corrected chi connectivity index (χ1v) is 13.8. The fourth-order valence-electron chi connectivity index (χ4n) is 5.40. The molecule has 0 saturated carbocycles. The number of rotatable bonds is 4. The minimum absolute atomic E-state index is 0. The van der Waals surface area contributed by atoms with E-state index < -0.39 is 0 Å². The van der Waals surface area contributed by atoms with E-state index in [0.29, 0.717) is 0 Å². The maximum absolute atomic E-state index is 4.67. The predicted molar refractivity (Wildman–Crippen MR) is 168 cm³/mol. The molecule has 8 nitrogen and oxygen atoms in total. The van der Waals surface area contributed by atoms with E-state index in [9.17, 15) is 0 Å². The third-order valence-electron chi connectivity index (χ3n) is 7.80. The molecule has 43 heavy (non-hydrogen) atoms. The zero-order valence-electron chi connectivity index (χ0n) is 24.3. The Morgan fingerprint density at radius 3 is 0.791 bits per heavy atom. The van der Waals surface area contributed by atoms with Crippen molar-refractivity contribution in [3.8, 4) is 0 Å². The molecule has 0 bridgehead atoms. The Labute approximate surface area is 265 Å². The van der Waals surface area contributed by atoms with Gasteiger partial charge in [-0.15, -0.1) is 0 Å². The largest absolute Gasteiger partial charge is 2.00 e. The molecule has 0 unspecified atom stereocenters. The van der Waals surface area contributed by atoms with Gasteiger partial charge in [-0.05, 0) is 48.5 Å². The van der Waals surface area contributed by atoms with Crippen LogP contribution in [0, 0.1) is 37.5 Å². The molecule has 0 amide bonds. The first kappa shape index (κ1) is 28.9. The Balaban J connectivity index is 0.000000150. The minimum atomic E-state index is 0. The summed E-state index contributed by atoms with van der Waals surface area (Å²) in [6, 6.07) is 32.6. The Bertz CT molecular complexity index is 1350. The number of anilines is 4. The van der Waals surface area contributed by atoms with Gasteiger partial charge in [-0.25, -0.2) is 21.3 Å². The maximum atomic E-state index is 4.67. The van der Waals surface area contributed by atoms with Crippen LogP contribution >= 0.6 is 0 Å². The molecule has 0 fully saturated rings. The van der Waals surface area contributed by atoms with Gasteiger partial charge in [0.05, 0.1) is 58.3 Å². The molecule has 0 spiro atoms. The van der Waals surface area contributed by atoms with Crippen LogP contribution in [-0.4, -0.2) is 28.2 Å². The molecule has 8 rings (SSSR count). The van der Waals surface area contributed by atoms with E-state index in [4.69, 9.17) is 0 Å². The van der Waals surface area contributed by atoms with Crippen LogP contribution in [0.1, 0.15) is 0 Å². The SMILES string of the molecule is CN1[C]([CH][C]2[N]c3ccccc3N2C)[N]c2ccccc21.CN1[C]([CH][C]2[N]c3ccccc3N2C)[N]c2ccccc21.[Cu+2]. The first-order valence-electron chi connectivity index (χ1n) is 13.8. The summed E-state index contributed by atoms with van der Waals surface area (Å²) in [6.45, 7) is 0. The molecule has 9 heteroatoms. The normalized spacial score (nSPS) is 17.0. The van der Waals surface area contributed by atoms with E-state index >= 15 is 0 Å². The summed E-state index contributed by atoms with van der Waals surface area (Å²) in [6.07, 6.45) is 7.70.